The number of benzene rings is 1. The van der Waals surface area contributed by atoms with Crippen molar-refractivity contribution in [1.82, 2.24) is 19.9 Å². The maximum absolute atomic E-state index is 14.6. The van der Waals surface area contributed by atoms with Gasteiger partial charge in [0, 0.05) is 60.7 Å². The molecule has 3 aromatic rings. The van der Waals surface area contributed by atoms with E-state index in [1.807, 2.05) is 30.0 Å². The molecule has 0 saturated carbocycles. The van der Waals surface area contributed by atoms with Gasteiger partial charge in [-0.3, -0.25) is 9.78 Å². The molecule has 1 aliphatic rings. The summed E-state index contributed by atoms with van der Waals surface area (Å²) >= 11 is 0. The maximum atomic E-state index is 14.6. The third kappa shape index (κ3) is 4.01. The summed E-state index contributed by atoms with van der Waals surface area (Å²) in [4.78, 5) is 27.7. The highest BCUT2D eigenvalue weighted by atomic mass is 19.1. The number of likely N-dealkylation sites (tertiary alicyclic amines) is 1. The van der Waals surface area contributed by atoms with Crippen molar-refractivity contribution >= 4 is 5.91 Å². The first kappa shape index (κ1) is 19.2. The van der Waals surface area contributed by atoms with Gasteiger partial charge in [0.2, 0.25) is 5.91 Å². The minimum Gasteiger partial charge on any atom is -0.342 e. The molecule has 3 heterocycles. The van der Waals surface area contributed by atoms with Crippen molar-refractivity contribution in [3.8, 4) is 22.5 Å². The standard InChI is InChI=1S/C23H23FN4O/c1-2-21(29)28-12-6-8-17(15-28)22-19(18-9-3-4-10-20(18)24)14-26-23(27-22)16-7-5-11-25-13-16/h3-5,7,9-11,13-14,17H,2,6,8,12,15H2,1H3/t17-/m1/s1. The van der Waals surface area contributed by atoms with E-state index in [9.17, 15) is 9.18 Å². The van der Waals surface area contributed by atoms with Crippen LogP contribution in [0.1, 0.15) is 37.8 Å². The molecule has 5 nitrogen and oxygen atoms in total. The number of piperidine rings is 1. The van der Waals surface area contributed by atoms with Gasteiger partial charge in [-0.25, -0.2) is 14.4 Å². The molecule has 1 aromatic carbocycles. The normalized spacial score (nSPS) is 16.6. The first-order valence-electron chi connectivity index (χ1n) is 9.97. The molecular weight excluding hydrogens is 367 g/mol. The monoisotopic (exact) mass is 390 g/mol. The first-order chi connectivity index (χ1) is 14.2. The molecule has 148 valence electrons. The summed E-state index contributed by atoms with van der Waals surface area (Å²) in [5.74, 6) is 0.437. The lowest BCUT2D eigenvalue weighted by molar-refractivity contribution is -0.132. The predicted octanol–water partition coefficient (Wildman–Crippen LogP) is 4.46. The van der Waals surface area contributed by atoms with Crippen LogP contribution in [0.4, 0.5) is 4.39 Å². The predicted molar refractivity (Wildman–Crippen MR) is 110 cm³/mol. The molecule has 0 aliphatic carbocycles. The van der Waals surface area contributed by atoms with Gasteiger partial charge >= 0.3 is 0 Å². The van der Waals surface area contributed by atoms with Crippen molar-refractivity contribution in [1.29, 1.82) is 0 Å². The summed E-state index contributed by atoms with van der Waals surface area (Å²) in [5, 5.41) is 0. The SMILES string of the molecule is CCC(=O)N1CCC[C@@H](c2nc(-c3cccnc3)ncc2-c2ccccc2F)C1. The molecule has 1 amide bonds. The lowest BCUT2D eigenvalue weighted by Crippen LogP contribution is -2.39. The topological polar surface area (TPSA) is 59.0 Å². The molecule has 2 aromatic heterocycles. The molecule has 6 heteroatoms. The molecule has 1 fully saturated rings. The van der Waals surface area contributed by atoms with E-state index in [0.29, 0.717) is 29.9 Å². The number of carbonyl (C=O) groups excluding carboxylic acids is 1. The van der Waals surface area contributed by atoms with Crippen LogP contribution >= 0.6 is 0 Å². The van der Waals surface area contributed by atoms with Crippen molar-refractivity contribution in [3.05, 3.63) is 66.5 Å². The second-order valence-corrected chi connectivity index (χ2v) is 7.25. The summed E-state index contributed by atoms with van der Waals surface area (Å²) in [6.07, 6.45) is 7.40. The Morgan fingerprint density at radius 2 is 2.03 bits per heavy atom. The molecule has 0 unspecified atom stereocenters. The van der Waals surface area contributed by atoms with Gasteiger partial charge in [0.25, 0.3) is 0 Å². The molecular formula is C23H23FN4O. The van der Waals surface area contributed by atoms with Gasteiger partial charge < -0.3 is 4.90 Å². The van der Waals surface area contributed by atoms with Crippen molar-refractivity contribution in [2.75, 3.05) is 13.1 Å². The Kier molecular flexibility index (Phi) is 5.60. The minimum absolute atomic E-state index is 0.0345. The highest BCUT2D eigenvalue weighted by molar-refractivity contribution is 5.76. The summed E-state index contributed by atoms with van der Waals surface area (Å²) in [6.45, 7) is 3.23. The van der Waals surface area contributed by atoms with Crippen molar-refractivity contribution in [2.24, 2.45) is 0 Å². The van der Waals surface area contributed by atoms with E-state index in [-0.39, 0.29) is 17.6 Å². The highest BCUT2D eigenvalue weighted by Gasteiger charge is 2.28. The number of carbonyl (C=O) groups is 1. The number of rotatable bonds is 4. The average Bonchev–Trinajstić information content (AvgIpc) is 2.79. The van der Waals surface area contributed by atoms with Gasteiger partial charge in [0.05, 0.1) is 5.69 Å². The van der Waals surface area contributed by atoms with Crippen LogP contribution in [0.2, 0.25) is 0 Å². The Morgan fingerprint density at radius 3 is 2.79 bits per heavy atom. The summed E-state index contributed by atoms with van der Waals surface area (Å²) < 4.78 is 14.6. The molecule has 1 aliphatic heterocycles. The molecule has 1 atom stereocenters. The zero-order valence-electron chi connectivity index (χ0n) is 16.4. The molecule has 0 radical (unpaired) electrons. The Morgan fingerprint density at radius 1 is 1.17 bits per heavy atom. The van der Waals surface area contributed by atoms with Crippen LogP contribution in [0.15, 0.2) is 55.0 Å². The second kappa shape index (κ2) is 8.47. The highest BCUT2D eigenvalue weighted by Crippen LogP contribution is 2.35. The molecule has 0 spiro atoms. The number of aromatic nitrogens is 3. The molecule has 29 heavy (non-hydrogen) atoms. The fourth-order valence-electron chi connectivity index (χ4n) is 3.88. The third-order valence-corrected chi connectivity index (χ3v) is 5.37. The first-order valence-corrected chi connectivity index (χ1v) is 9.97. The van der Waals surface area contributed by atoms with Crippen molar-refractivity contribution < 1.29 is 9.18 Å². The van der Waals surface area contributed by atoms with E-state index >= 15 is 0 Å². The van der Waals surface area contributed by atoms with Crippen LogP contribution in [0.25, 0.3) is 22.5 Å². The quantitative estimate of drug-likeness (QED) is 0.660. The number of nitrogens with zero attached hydrogens (tertiary/aromatic N) is 4. The van der Waals surface area contributed by atoms with Crippen LogP contribution < -0.4 is 0 Å². The molecule has 0 N–H and O–H groups in total. The zero-order chi connectivity index (χ0) is 20.2. The fraction of sp³-hybridized carbons (Fsp3) is 0.304. The van der Waals surface area contributed by atoms with Gasteiger partial charge in [-0.15, -0.1) is 0 Å². The van der Waals surface area contributed by atoms with E-state index in [4.69, 9.17) is 4.98 Å². The van der Waals surface area contributed by atoms with Gasteiger partial charge in [-0.1, -0.05) is 25.1 Å². The van der Waals surface area contributed by atoms with E-state index in [0.717, 1.165) is 30.6 Å². The van der Waals surface area contributed by atoms with Gasteiger partial charge in [-0.2, -0.15) is 0 Å². The summed E-state index contributed by atoms with van der Waals surface area (Å²) in [7, 11) is 0. The van der Waals surface area contributed by atoms with E-state index < -0.39 is 0 Å². The molecule has 4 rings (SSSR count). The zero-order valence-corrected chi connectivity index (χ0v) is 16.4. The van der Waals surface area contributed by atoms with Crippen LogP contribution in [0, 0.1) is 5.82 Å². The Balaban J connectivity index is 1.80. The number of pyridine rings is 1. The van der Waals surface area contributed by atoms with E-state index in [2.05, 4.69) is 9.97 Å². The van der Waals surface area contributed by atoms with Gasteiger partial charge in [0.15, 0.2) is 5.82 Å². The Bertz CT molecular complexity index is 1010. The number of hydrogen-bond acceptors (Lipinski definition) is 4. The van der Waals surface area contributed by atoms with E-state index in [1.54, 1.807) is 30.7 Å². The lowest BCUT2D eigenvalue weighted by Gasteiger charge is -2.33. The number of halogens is 1. The van der Waals surface area contributed by atoms with Crippen LogP contribution in [0.3, 0.4) is 0 Å². The average molecular weight is 390 g/mol. The minimum atomic E-state index is -0.302. The number of amides is 1. The Labute approximate surface area is 169 Å². The molecule has 1 saturated heterocycles. The third-order valence-electron chi connectivity index (χ3n) is 5.37. The largest absolute Gasteiger partial charge is 0.342 e. The van der Waals surface area contributed by atoms with Gasteiger partial charge in [-0.05, 0) is 31.0 Å². The fourth-order valence-corrected chi connectivity index (χ4v) is 3.88. The summed E-state index contributed by atoms with van der Waals surface area (Å²) in [6, 6.07) is 10.4. The van der Waals surface area contributed by atoms with Crippen molar-refractivity contribution in [3.63, 3.8) is 0 Å². The summed E-state index contributed by atoms with van der Waals surface area (Å²) in [5.41, 5.74) is 2.77. The van der Waals surface area contributed by atoms with Crippen LogP contribution in [-0.2, 0) is 4.79 Å². The van der Waals surface area contributed by atoms with E-state index in [1.165, 1.54) is 6.07 Å². The maximum Gasteiger partial charge on any atom is 0.222 e. The smallest absolute Gasteiger partial charge is 0.222 e. The van der Waals surface area contributed by atoms with Gasteiger partial charge in [0.1, 0.15) is 5.82 Å². The second-order valence-electron chi connectivity index (χ2n) is 7.25. The van der Waals surface area contributed by atoms with Crippen molar-refractivity contribution in [2.45, 2.75) is 32.1 Å². The Hall–Kier alpha value is -3.15. The lowest BCUT2D eigenvalue weighted by atomic mass is 9.89. The number of hydrogen-bond donors (Lipinski definition) is 0. The van der Waals surface area contributed by atoms with Crippen LogP contribution in [0.5, 0.6) is 0 Å². The molecule has 0 bridgehead atoms. The van der Waals surface area contributed by atoms with Crippen LogP contribution in [-0.4, -0.2) is 38.8 Å².